The van der Waals surface area contributed by atoms with Crippen LogP contribution in [0.15, 0.2) is 36.7 Å². The van der Waals surface area contributed by atoms with Gasteiger partial charge in [-0.05, 0) is 30.5 Å². The van der Waals surface area contributed by atoms with Gasteiger partial charge in [-0.15, -0.1) is 5.10 Å². The van der Waals surface area contributed by atoms with Crippen LogP contribution in [0.25, 0.3) is 10.9 Å². The van der Waals surface area contributed by atoms with Crippen LogP contribution in [0.4, 0.5) is 15.8 Å². The summed E-state index contributed by atoms with van der Waals surface area (Å²) in [6, 6.07) is 8.41. The van der Waals surface area contributed by atoms with Crippen molar-refractivity contribution in [2.75, 3.05) is 17.2 Å². The minimum absolute atomic E-state index is 0.00778. The lowest BCUT2D eigenvalue weighted by Crippen LogP contribution is -2.20. The summed E-state index contributed by atoms with van der Waals surface area (Å²) in [4.78, 5) is 8.40. The lowest BCUT2D eigenvalue weighted by Gasteiger charge is -2.22. The Hall–Kier alpha value is -3.77. The van der Waals surface area contributed by atoms with Crippen LogP contribution in [0.5, 0.6) is 0 Å². The fourth-order valence-electron chi connectivity index (χ4n) is 3.79. The minimum atomic E-state index is -0.553. The number of nitrogens with zero attached hydrogens (tertiary/aromatic N) is 6. The van der Waals surface area contributed by atoms with Crippen molar-refractivity contribution in [1.82, 2.24) is 25.0 Å². The molecule has 1 aromatic carbocycles. The number of hydrogen-bond acceptors (Lipinski definition) is 7. The molecule has 3 heterocycles. The standard InChI is InChI=1S/C25H26ClFN8/c1-14-17(6-7-21(27)31-14)24(20-12-35(5)34-33-20)32-16-8-18-22(30-13-25(2,3)4)15(10-28)11-29-23(18)19(26)9-16/h6-9,11-12,24,32H,13H2,1-5H3,(H,29,30). The third-order valence-electron chi connectivity index (χ3n) is 5.47. The van der Waals surface area contributed by atoms with Gasteiger partial charge in [0, 0.05) is 42.1 Å². The van der Waals surface area contributed by atoms with Gasteiger partial charge in [0.1, 0.15) is 11.8 Å². The Morgan fingerprint density at radius 1 is 1.26 bits per heavy atom. The van der Waals surface area contributed by atoms with Gasteiger partial charge in [-0.1, -0.05) is 43.7 Å². The molecule has 0 fully saturated rings. The number of aryl methyl sites for hydroxylation is 2. The normalized spacial score (nSPS) is 12.4. The maximum atomic E-state index is 13.7. The molecule has 0 amide bonds. The van der Waals surface area contributed by atoms with Crippen LogP contribution in [-0.4, -0.2) is 31.5 Å². The molecule has 1 atom stereocenters. The molecule has 4 rings (SSSR count). The second kappa shape index (κ2) is 9.47. The summed E-state index contributed by atoms with van der Waals surface area (Å²) in [5.41, 5.74) is 4.27. The van der Waals surface area contributed by atoms with Crippen molar-refractivity contribution < 1.29 is 4.39 Å². The first kappa shape index (κ1) is 24.4. The average molecular weight is 493 g/mol. The molecular formula is C25H26ClFN8. The molecule has 2 N–H and O–H groups in total. The predicted octanol–water partition coefficient (Wildman–Crippen LogP) is 5.39. The average Bonchev–Trinajstić information content (AvgIpc) is 3.21. The number of nitriles is 1. The third kappa shape index (κ3) is 5.33. The zero-order chi connectivity index (χ0) is 25.3. The zero-order valence-electron chi connectivity index (χ0n) is 20.2. The van der Waals surface area contributed by atoms with Crippen LogP contribution >= 0.6 is 11.6 Å². The van der Waals surface area contributed by atoms with Crippen molar-refractivity contribution >= 4 is 33.9 Å². The van der Waals surface area contributed by atoms with Gasteiger partial charge in [0.05, 0.1) is 34.0 Å². The van der Waals surface area contributed by atoms with Crippen molar-refractivity contribution in [3.63, 3.8) is 0 Å². The number of benzene rings is 1. The van der Waals surface area contributed by atoms with E-state index in [0.29, 0.717) is 45.4 Å². The molecule has 35 heavy (non-hydrogen) atoms. The molecule has 0 bridgehead atoms. The Kier molecular flexibility index (Phi) is 6.59. The quantitative estimate of drug-likeness (QED) is 0.347. The van der Waals surface area contributed by atoms with E-state index in [1.54, 1.807) is 37.0 Å². The summed E-state index contributed by atoms with van der Waals surface area (Å²) in [5.74, 6) is -0.553. The van der Waals surface area contributed by atoms with Gasteiger partial charge in [-0.25, -0.2) is 4.98 Å². The van der Waals surface area contributed by atoms with Crippen LogP contribution < -0.4 is 10.6 Å². The Morgan fingerprint density at radius 3 is 2.66 bits per heavy atom. The highest BCUT2D eigenvalue weighted by Crippen LogP contribution is 2.36. The van der Waals surface area contributed by atoms with Gasteiger partial charge in [0.2, 0.25) is 5.95 Å². The molecule has 1 unspecified atom stereocenters. The number of hydrogen-bond donors (Lipinski definition) is 2. The molecule has 3 aromatic heterocycles. The van der Waals surface area contributed by atoms with Crippen molar-refractivity contribution in [3.8, 4) is 6.07 Å². The van der Waals surface area contributed by atoms with E-state index in [1.807, 2.05) is 6.07 Å². The molecule has 4 aromatic rings. The van der Waals surface area contributed by atoms with Crippen molar-refractivity contribution in [3.05, 3.63) is 70.1 Å². The number of halogens is 2. The smallest absolute Gasteiger partial charge is 0.213 e. The first-order valence-corrected chi connectivity index (χ1v) is 11.5. The zero-order valence-corrected chi connectivity index (χ0v) is 20.9. The van der Waals surface area contributed by atoms with E-state index in [1.165, 1.54) is 12.3 Å². The number of fused-ring (bicyclic) bond motifs is 1. The molecule has 0 aliphatic heterocycles. The van der Waals surface area contributed by atoms with Gasteiger partial charge in [0.15, 0.2) is 0 Å². The first-order valence-electron chi connectivity index (χ1n) is 11.1. The lowest BCUT2D eigenvalue weighted by molar-refractivity contribution is 0.443. The van der Waals surface area contributed by atoms with E-state index in [9.17, 15) is 9.65 Å². The summed E-state index contributed by atoms with van der Waals surface area (Å²) >= 11 is 6.64. The highest BCUT2D eigenvalue weighted by molar-refractivity contribution is 6.35. The van der Waals surface area contributed by atoms with Crippen LogP contribution in [0.1, 0.15) is 49.3 Å². The largest absolute Gasteiger partial charge is 0.383 e. The fourth-order valence-corrected chi connectivity index (χ4v) is 4.06. The highest BCUT2D eigenvalue weighted by atomic mass is 35.5. The molecular weight excluding hydrogens is 467 g/mol. The van der Waals surface area contributed by atoms with Crippen LogP contribution in [0.2, 0.25) is 5.02 Å². The van der Waals surface area contributed by atoms with E-state index in [2.05, 4.69) is 57.8 Å². The van der Waals surface area contributed by atoms with Gasteiger partial charge < -0.3 is 10.6 Å². The predicted molar refractivity (Wildman–Crippen MR) is 135 cm³/mol. The lowest BCUT2D eigenvalue weighted by atomic mass is 9.96. The third-order valence-corrected chi connectivity index (χ3v) is 5.76. The number of aromatic nitrogens is 5. The van der Waals surface area contributed by atoms with E-state index < -0.39 is 12.0 Å². The first-order chi connectivity index (χ1) is 16.6. The van der Waals surface area contributed by atoms with E-state index in [-0.39, 0.29) is 5.41 Å². The van der Waals surface area contributed by atoms with E-state index in [0.717, 1.165) is 10.9 Å². The minimum Gasteiger partial charge on any atom is -0.383 e. The monoisotopic (exact) mass is 492 g/mol. The second-order valence-electron chi connectivity index (χ2n) is 9.63. The van der Waals surface area contributed by atoms with Gasteiger partial charge >= 0.3 is 0 Å². The van der Waals surface area contributed by atoms with Gasteiger partial charge in [0.25, 0.3) is 0 Å². The topological polar surface area (TPSA) is 104 Å². The molecule has 0 saturated heterocycles. The summed E-state index contributed by atoms with van der Waals surface area (Å²) in [5, 5.41) is 26.0. The Labute approximate surface area is 208 Å². The van der Waals surface area contributed by atoms with Crippen LogP contribution in [0.3, 0.4) is 0 Å². The summed E-state index contributed by atoms with van der Waals surface area (Å²) in [7, 11) is 1.78. The van der Waals surface area contributed by atoms with Crippen molar-refractivity contribution in [2.45, 2.75) is 33.7 Å². The molecule has 10 heteroatoms. The van der Waals surface area contributed by atoms with E-state index >= 15 is 0 Å². The molecule has 180 valence electrons. The summed E-state index contributed by atoms with van der Waals surface area (Å²) in [6.07, 6.45) is 3.32. The van der Waals surface area contributed by atoms with Crippen molar-refractivity contribution in [1.29, 1.82) is 5.26 Å². The summed E-state index contributed by atoms with van der Waals surface area (Å²) < 4.78 is 15.3. The summed E-state index contributed by atoms with van der Waals surface area (Å²) in [6.45, 7) is 8.73. The second-order valence-corrected chi connectivity index (χ2v) is 10.0. The van der Waals surface area contributed by atoms with Crippen LogP contribution in [0, 0.1) is 29.6 Å². The molecule has 0 spiro atoms. The molecule has 8 nitrogen and oxygen atoms in total. The fraction of sp³-hybridized carbons (Fsp3) is 0.320. The molecule has 0 saturated carbocycles. The SMILES string of the molecule is Cc1nc(F)ccc1C(Nc1cc(Cl)c2ncc(C#N)c(NCC(C)(C)C)c2c1)c1cn(C)nn1. The maximum Gasteiger partial charge on any atom is 0.213 e. The number of nitrogens with one attached hydrogen (secondary N) is 2. The number of pyridine rings is 2. The Morgan fingerprint density at radius 2 is 2.03 bits per heavy atom. The van der Waals surface area contributed by atoms with Crippen molar-refractivity contribution in [2.24, 2.45) is 12.5 Å². The number of anilines is 2. The highest BCUT2D eigenvalue weighted by Gasteiger charge is 2.22. The van der Waals surface area contributed by atoms with Gasteiger partial charge in [-0.2, -0.15) is 9.65 Å². The Bertz CT molecular complexity index is 1430. The number of rotatable bonds is 6. The molecule has 0 aliphatic carbocycles. The van der Waals surface area contributed by atoms with Gasteiger partial charge in [-0.3, -0.25) is 9.67 Å². The maximum absolute atomic E-state index is 13.7. The van der Waals surface area contributed by atoms with E-state index in [4.69, 9.17) is 11.6 Å². The molecule has 0 aliphatic rings. The Balaban J connectivity index is 1.83. The van der Waals surface area contributed by atoms with Crippen LogP contribution in [-0.2, 0) is 7.05 Å². The molecule has 0 radical (unpaired) electrons.